The Kier molecular flexibility index (Phi) is 4.84. The van der Waals surface area contributed by atoms with Gasteiger partial charge in [0.25, 0.3) is 5.69 Å². The number of amides is 1. The van der Waals surface area contributed by atoms with E-state index in [-0.39, 0.29) is 24.8 Å². The lowest BCUT2D eigenvalue weighted by Crippen LogP contribution is -2.51. The fourth-order valence-electron chi connectivity index (χ4n) is 5.81. The van der Waals surface area contributed by atoms with Gasteiger partial charge in [-0.15, -0.1) is 0 Å². The summed E-state index contributed by atoms with van der Waals surface area (Å²) in [6, 6.07) is 14.9. The predicted molar refractivity (Wildman–Crippen MR) is 126 cm³/mol. The van der Waals surface area contributed by atoms with Crippen LogP contribution in [-0.2, 0) is 10.3 Å². The number of likely N-dealkylation sites (N-methyl/N-ethyl adjacent to an activating group) is 1. The summed E-state index contributed by atoms with van der Waals surface area (Å²) in [6.07, 6.45) is 0. The third-order valence-electron chi connectivity index (χ3n) is 7.36. The first kappa shape index (κ1) is 22.2. The molecule has 3 aliphatic rings. The van der Waals surface area contributed by atoms with E-state index in [2.05, 4.69) is 5.32 Å². The molecule has 0 unspecified atom stereocenters. The Balaban J connectivity index is 1.56. The van der Waals surface area contributed by atoms with Crippen LogP contribution in [0.2, 0.25) is 0 Å². The number of nitrogens with zero attached hydrogens (tertiary/aromatic N) is 2. The number of nitrogens with one attached hydrogen (secondary N) is 1. The second kappa shape index (κ2) is 7.85. The van der Waals surface area contributed by atoms with Crippen LogP contribution >= 0.6 is 0 Å². The summed E-state index contributed by atoms with van der Waals surface area (Å²) in [4.78, 5) is 40.7. The van der Waals surface area contributed by atoms with Gasteiger partial charge >= 0.3 is 0 Å². The first-order valence-electron chi connectivity index (χ1n) is 11.3. The molecule has 0 aliphatic carbocycles. The van der Waals surface area contributed by atoms with E-state index in [1.54, 1.807) is 42.3 Å². The number of hydrogen-bond acceptors (Lipinski definition) is 7. The SMILES string of the molecule is CN1C[C@H](c2cccc([N+](=O)[O-])c2)[C@H](C(=O)c2ccc3c(c2)OCO3)[C@@]12C(=O)Nc1ccc(F)cc12. The Morgan fingerprint density at radius 2 is 1.94 bits per heavy atom. The molecule has 3 aromatic carbocycles. The quantitative estimate of drug-likeness (QED) is 0.337. The lowest BCUT2D eigenvalue weighted by atomic mass is 9.70. The molecule has 3 atom stereocenters. The lowest BCUT2D eigenvalue weighted by molar-refractivity contribution is -0.384. The molecule has 3 aliphatic heterocycles. The van der Waals surface area contributed by atoms with Gasteiger partial charge in [0.05, 0.1) is 10.8 Å². The smallest absolute Gasteiger partial charge is 0.269 e. The number of ketones is 1. The number of hydrogen-bond donors (Lipinski definition) is 1. The van der Waals surface area contributed by atoms with Crippen molar-refractivity contribution in [2.24, 2.45) is 5.92 Å². The summed E-state index contributed by atoms with van der Waals surface area (Å²) >= 11 is 0. The number of rotatable bonds is 4. The number of nitro groups is 1. The molecule has 1 spiro atoms. The molecule has 1 saturated heterocycles. The van der Waals surface area contributed by atoms with E-state index in [0.717, 1.165) is 0 Å². The first-order valence-corrected chi connectivity index (χ1v) is 11.3. The van der Waals surface area contributed by atoms with Gasteiger partial charge in [-0.3, -0.25) is 24.6 Å². The van der Waals surface area contributed by atoms with Gasteiger partial charge in [-0.05, 0) is 49.0 Å². The van der Waals surface area contributed by atoms with Crippen molar-refractivity contribution in [1.29, 1.82) is 0 Å². The Morgan fingerprint density at radius 1 is 1.14 bits per heavy atom. The molecule has 3 heterocycles. The number of carbonyl (C=O) groups is 2. The number of ether oxygens (including phenoxy) is 2. The van der Waals surface area contributed by atoms with Crippen LogP contribution in [0.5, 0.6) is 11.5 Å². The molecular formula is C26H20FN3O6. The minimum Gasteiger partial charge on any atom is -0.454 e. The van der Waals surface area contributed by atoms with Crippen LogP contribution in [-0.4, -0.2) is 41.9 Å². The summed E-state index contributed by atoms with van der Waals surface area (Å²) in [7, 11) is 1.71. The van der Waals surface area contributed by atoms with Gasteiger partial charge in [-0.1, -0.05) is 12.1 Å². The minimum absolute atomic E-state index is 0.0362. The molecule has 36 heavy (non-hydrogen) atoms. The van der Waals surface area contributed by atoms with Gasteiger partial charge in [-0.2, -0.15) is 0 Å². The molecule has 3 aromatic rings. The average Bonchev–Trinajstić information content (AvgIpc) is 3.54. The maximum Gasteiger partial charge on any atom is 0.269 e. The molecule has 10 heteroatoms. The number of nitro benzene ring substituents is 1. The first-order chi connectivity index (χ1) is 17.3. The van der Waals surface area contributed by atoms with Crippen LogP contribution in [0.25, 0.3) is 0 Å². The van der Waals surface area contributed by atoms with Gasteiger partial charge in [0.1, 0.15) is 11.4 Å². The largest absolute Gasteiger partial charge is 0.454 e. The van der Waals surface area contributed by atoms with Gasteiger partial charge in [0.15, 0.2) is 17.3 Å². The molecule has 0 saturated carbocycles. The van der Waals surface area contributed by atoms with Crippen LogP contribution in [0.1, 0.15) is 27.4 Å². The zero-order valence-electron chi connectivity index (χ0n) is 19.1. The number of carbonyl (C=O) groups excluding carboxylic acids is 2. The number of Topliss-reactive ketones (excluding diaryl/α,β-unsaturated/α-hetero) is 1. The number of halogens is 1. The highest BCUT2D eigenvalue weighted by Gasteiger charge is 2.64. The average molecular weight is 489 g/mol. The molecule has 1 fully saturated rings. The maximum atomic E-state index is 14.5. The van der Waals surface area contributed by atoms with Crippen molar-refractivity contribution in [3.8, 4) is 11.5 Å². The third-order valence-corrected chi connectivity index (χ3v) is 7.36. The van der Waals surface area contributed by atoms with Crippen molar-refractivity contribution in [1.82, 2.24) is 4.90 Å². The monoisotopic (exact) mass is 489 g/mol. The fourth-order valence-corrected chi connectivity index (χ4v) is 5.81. The number of benzene rings is 3. The zero-order valence-corrected chi connectivity index (χ0v) is 19.1. The Morgan fingerprint density at radius 3 is 2.75 bits per heavy atom. The van der Waals surface area contributed by atoms with Crippen LogP contribution < -0.4 is 14.8 Å². The van der Waals surface area contributed by atoms with Gasteiger partial charge in [-0.25, -0.2) is 4.39 Å². The summed E-state index contributed by atoms with van der Waals surface area (Å²) in [5.74, 6) is -2.02. The summed E-state index contributed by atoms with van der Waals surface area (Å²) in [5, 5.41) is 14.3. The molecule has 182 valence electrons. The van der Waals surface area contributed by atoms with E-state index in [0.29, 0.717) is 33.9 Å². The zero-order chi connectivity index (χ0) is 25.2. The van der Waals surface area contributed by atoms with E-state index < -0.39 is 34.0 Å². The third kappa shape index (κ3) is 3.04. The molecule has 0 bridgehead atoms. The topological polar surface area (TPSA) is 111 Å². The van der Waals surface area contributed by atoms with Gasteiger partial charge in [0, 0.05) is 41.4 Å². The van der Waals surface area contributed by atoms with E-state index in [1.165, 1.54) is 30.3 Å². The van der Waals surface area contributed by atoms with E-state index in [4.69, 9.17) is 9.47 Å². The number of non-ortho nitro benzene ring substituents is 1. The van der Waals surface area contributed by atoms with E-state index >= 15 is 0 Å². The molecule has 9 nitrogen and oxygen atoms in total. The molecule has 1 amide bonds. The second-order valence-electron chi connectivity index (χ2n) is 9.16. The van der Waals surface area contributed by atoms with E-state index in [1.807, 2.05) is 0 Å². The predicted octanol–water partition coefficient (Wildman–Crippen LogP) is 3.84. The van der Waals surface area contributed by atoms with Gasteiger partial charge in [0.2, 0.25) is 12.7 Å². The minimum atomic E-state index is -1.51. The summed E-state index contributed by atoms with van der Waals surface area (Å²) < 4.78 is 25.3. The number of anilines is 1. The second-order valence-corrected chi connectivity index (χ2v) is 9.16. The highest BCUT2D eigenvalue weighted by atomic mass is 19.1. The van der Waals surface area contributed by atoms with Crippen molar-refractivity contribution in [3.05, 3.63) is 93.3 Å². The molecule has 0 aromatic heterocycles. The van der Waals surface area contributed by atoms with Crippen LogP contribution in [0.15, 0.2) is 60.7 Å². The maximum absolute atomic E-state index is 14.5. The highest BCUT2D eigenvalue weighted by Crippen LogP contribution is 2.56. The molecule has 0 radical (unpaired) electrons. The van der Waals surface area contributed by atoms with Crippen molar-refractivity contribution in [2.45, 2.75) is 11.5 Å². The molecular weight excluding hydrogens is 469 g/mol. The van der Waals surface area contributed by atoms with Crippen LogP contribution in [0.3, 0.4) is 0 Å². The Bertz CT molecular complexity index is 1460. The van der Waals surface area contributed by atoms with E-state index in [9.17, 15) is 24.1 Å². The summed E-state index contributed by atoms with van der Waals surface area (Å²) in [6.45, 7) is 0.278. The van der Waals surface area contributed by atoms with Crippen molar-refractivity contribution in [3.63, 3.8) is 0 Å². The normalized spacial score (nSPS) is 24.1. The van der Waals surface area contributed by atoms with Crippen molar-refractivity contribution in [2.75, 3.05) is 25.7 Å². The summed E-state index contributed by atoms with van der Waals surface area (Å²) in [5.41, 5.74) is 0.00280. The Labute approximate surface area is 204 Å². The lowest BCUT2D eigenvalue weighted by Gasteiger charge is -2.35. The van der Waals surface area contributed by atoms with Crippen molar-refractivity contribution >= 4 is 23.1 Å². The Hall–Kier alpha value is -4.31. The van der Waals surface area contributed by atoms with Crippen LogP contribution in [0, 0.1) is 21.8 Å². The number of fused-ring (bicyclic) bond motifs is 3. The van der Waals surface area contributed by atoms with Gasteiger partial charge < -0.3 is 14.8 Å². The molecule has 1 N–H and O–H groups in total. The highest BCUT2D eigenvalue weighted by molar-refractivity contribution is 6.12. The molecule has 6 rings (SSSR count). The fraction of sp³-hybridized carbons (Fsp3) is 0.231. The standard InChI is InChI=1S/C26H20FN3O6/c1-29-12-18(14-3-2-4-17(9-14)30(33)34)23(24(31)15-5-8-21-22(10-15)36-13-35-21)26(29)19-11-16(27)6-7-20(19)28-25(26)32/h2-11,18,23H,12-13H2,1H3,(H,28,32)/t18-,23-,26+/m1/s1. The number of likely N-dealkylation sites (tertiary alicyclic amines) is 1. The van der Waals surface area contributed by atoms with Crippen molar-refractivity contribution < 1.29 is 28.4 Å². The van der Waals surface area contributed by atoms with Crippen LogP contribution in [0.4, 0.5) is 15.8 Å².